The fourth-order valence-electron chi connectivity index (χ4n) is 2.95. The molecule has 0 saturated heterocycles. The minimum Gasteiger partial charge on any atom is -0.352 e. The molecule has 0 atom stereocenters. The Hall–Kier alpha value is -4.18. The van der Waals surface area contributed by atoms with Crippen molar-refractivity contribution < 1.29 is 4.79 Å². The van der Waals surface area contributed by atoms with E-state index in [2.05, 4.69) is 32.2 Å². The molecule has 30 heavy (non-hydrogen) atoms. The number of aryl methyl sites for hydroxylation is 1. The molecule has 0 aliphatic rings. The largest absolute Gasteiger partial charge is 0.352 e. The van der Waals surface area contributed by atoms with E-state index in [0.717, 1.165) is 24.2 Å². The summed E-state index contributed by atoms with van der Waals surface area (Å²) in [5.74, 6) is 6.13. The van der Waals surface area contributed by atoms with Crippen LogP contribution in [0.1, 0.15) is 27.9 Å². The van der Waals surface area contributed by atoms with E-state index >= 15 is 0 Å². The summed E-state index contributed by atoms with van der Waals surface area (Å²) in [6, 6.07) is 11.0. The van der Waals surface area contributed by atoms with Crippen LogP contribution in [-0.2, 0) is 6.54 Å². The van der Waals surface area contributed by atoms with Gasteiger partial charge in [0.15, 0.2) is 0 Å². The lowest BCUT2D eigenvalue weighted by atomic mass is 10.1. The Morgan fingerprint density at radius 3 is 2.77 bits per heavy atom. The van der Waals surface area contributed by atoms with E-state index in [0.29, 0.717) is 17.7 Å². The highest BCUT2D eigenvalue weighted by Crippen LogP contribution is 2.16. The first-order valence-corrected chi connectivity index (χ1v) is 9.60. The predicted octanol–water partition coefficient (Wildman–Crippen LogP) is 2.68. The third-order valence-electron chi connectivity index (χ3n) is 4.45. The van der Waals surface area contributed by atoms with E-state index < -0.39 is 0 Å². The maximum absolute atomic E-state index is 12.6. The van der Waals surface area contributed by atoms with Crippen molar-refractivity contribution in [1.29, 1.82) is 0 Å². The molecule has 1 amide bonds. The van der Waals surface area contributed by atoms with Gasteiger partial charge >= 0.3 is 0 Å². The molecule has 0 unspecified atom stereocenters. The normalized spacial score (nSPS) is 10.3. The van der Waals surface area contributed by atoms with Gasteiger partial charge in [-0.2, -0.15) is 5.10 Å². The number of aromatic nitrogens is 5. The van der Waals surface area contributed by atoms with Crippen molar-refractivity contribution in [1.82, 2.24) is 29.6 Å². The van der Waals surface area contributed by atoms with Gasteiger partial charge in [0, 0.05) is 61.4 Å². The number of rotatable bonds is 6. The molecule has 0 saturated carbocycles. The minimum absolute atomic E-state index is 0.128. The van der Waals surface area contributed by atoms with Crippen LogP contribution >= 0.6 is 0 Å². The topological polar surface area (TPSA) is 77.6 Å². The molecule has 7 nitrogen and oxygen atoms in total. The first kappa shape index (κ1) is 19.2. The summed E-state index contributed by atoms with van der Waals surface area (Å²) < 4.78 is 3.72. The Kier molecular flexibility index (Phi) is 5.97. The van der Waals surface area contributed by atoms with E-state index in [9.17, 15) is 4.79 Å². The smallest absolute Gasteiger partial charge is 0.251 e. The summed E-state index contributed by atoms with van der Waals surface area (Å²) in [5, 5.41) is 7.25. The molecular weight excluding hydrogens is 376 g/mol. The van der Waals surface area contributed by atoms with Crippen LogP contribution in [0.5, 0.6) is 0 Å². The van der Waals surface area contributed by atoms with Gasteiger partial charge in [0.25, 0.3) is 5.91 Å². The molecule has 3 heterocycles. The number of hydrogen-bond acceptors (Lipinski definition) is 4. The molecule has 1 N–H and O–H groups in total. The van der Waals surface area contributed by atoms with Crippen LogP contribution in [0.25, 0.3) is 5.69 Å². The molecule has 0 bridgehead atoms. The molecule has 0 aliphatic carbocycles. The predicted molar refractivity (Wildman–Crippen MR) is 113 cm³/mol. The second-order valence-electron chi connectivity index (χ2n) is 6.58. The zero-order chi connectivity index (χ0) is 20.6. The Morgan fingerprint density at radius 2 is 2.00 bits per heavy atom. The number of hydrogen-bond donors (Lipinski definition) is 1. The van der Waals surface area contributed by atoms with Crippen molar-refractivity contribution in [3.8, 4) is 17.5 Å². The highest BCUT2D eigenvalue weighted by Gasteiger charge is 2.10. The second-order valence-corrected chi connectivity index (χ2v) is 6.58. The number of nitrogens with zero attached hydrogens (tertiary/aromatic N) is 5. The van der Waals surface area contributed by atoms with Crippen LogP contribution in [0.15, 0.2) is 79.9 Å². The van der Waals surface area contributed by atoms with Crippen molar-refractivity contribution in [2.45, 2.75) is 13.0 Å². The van der Waals surface area contributed by atoms with Gasteiger partial charge in [-0.3, -0.25) is 9.78 Å². The van der Waals surface area contributed by atoms with Crippen LogP contribution in [0.4, 0.5) is 0 Å². The van der Waals surface area contributed by atoms with Gasteiger partial charge in [0.2, 0.25) is 0 Å². The minimum atomic E-state index is -0.128. The lowest BCUT2D eigenvalue weighted by molar-refractivity contribution is 0.0952. The molecule has 7 heteroatoms. The number of benzene rings is 1. The summed E-state index contributed by atoms with van der Waals surface area (Å²) in [6.07, 6.45) is 13.2. The molecule has 3 aromatic heterocycles. The molecule has 0 aliphatic heterocycles. The summed E-state index contributed by atoms with van der Waals surface area (Å²) in [6.45, 7) is 1.38. The fourth-order valence-corrected chi connectivity index (χ4v) is 2.95. The molecule has 148 valence electrons. The molecule has 4 aromatic rings. The number of imidazole rings is 1. The van der Waals surface area contributed by atoms with E-state index in [1.807, 2.05) is 41.2 Å². The zero-order valence-corrected chi connectivity index (χ0v) is 16.3. The van der Waals surface area contributed by atoms with Gasteiger partial charge in [0.1, 0.15) is 0 Å². The molecule has 0 spiro atoms. The molecule has 0 fully saturated rings. The van der Waals surface area contributed by atoms with Crippen molar-refractivity contribution in [2.24, 2.45) is 0 Å². The average Bonchev–Trinajstić information content (AvgIpc) is 3.50. The Morgan fingerprint density at radius 1 is 1.03 bits per heavy atom. The molecule has 4 rings (SSSR count). The highest BCUT2D eigenvalue weighted by molar-refractivity contribution is 5.95. The van der Waals surface area contributed by atoms with Crippen LogP contribution in [0.2, 0.25) is 0 Å². The van der Waals surface area contributed by atoms with Gasteiger partial charge < -0.3 is 9.88 Å². The quantitative estimate of drug-likeness (QED) is 0.402. The number of nitrogens with one attached hydrogen (secondary N) is 1. The zero-order valence-electron chi connectivity index (χ0n) is 16.3. The summed E-state index contributed by atoms with van der Waals surface area (Å²) in [5.41, 5.74) is 2.89. The van der Waals surface area contributed by atoms with Gasteiger partial charge in [-0.05, 0) is 42.8 Å². The molecule has 0 radical (unpaired) electrons. The molecule has 1 aromatic carbocycles. The average molecular weight is 396 g/mol. The van der Waals surface area contributed by atoms with Gasteiger partial charge in [-0.1, -0.05) is 11.8 Å². The Balaban J connectivity index is 1.51. The Bertz CT molecular complexity index is 1160. The molecular formula is C23H20N6O. The highest BCUT2D eigenvalue weighted by atomic mass is 16.1. The third kappa shape index (κ3) is 4.80. The van der Waals surface area contributed by atoms with Crippen molar-refractivity contribution in [2.75, 3.05) is 6.54 Å². The van der Waals surface area contributed by atoms with Gasteiger partial charge in [0.05, 0.1) is 17.6 Å². The number of carbonyl (C=O) groups is 1. The van der Waals surface area contributed by atoms with Gasteiger partial charge in [-0.25, -0.2) is 9.67 Å². The van der Waals surface area contributed by atoms with E-state index in [1.165, 1.54) is 0 Å². The number of amides is 1. The van der Waals surface area contributed by atoms with Crippen molar-refractivity contribution >= 4 is 5.91 Å². The van der Waals surface area contributed by atoms with Crippen LogP contribution in [0.3, 0.4) is 0 Å². The maximum Gasteiger partial charge on any atom is 0.251 e. The first-order chi connectivity index (χ1) is 14.8. The van der Waals surface area contributed by atoms with E-state index in [1.54, 1.807) is 47.9 Å². The number of pyridine rings is 1. The van der Waals surface area contributed by atoms with E-state index in [-0.39, 0.29) is 5.91 Å². The first-order valence-electron chi connectivity index (χ1n) is 9.60. The lowest BCUT2D eigenvalue weighted by Gasteiger charge is -2.09. The maximum atomic E-state index is 12.6. The van der Waals surface area contributed by atoms with Crippen molar-refractivity contribution in [3.63, 3.8) is 0 Å². The monoisotopic (exact) mass is 396 g/mol. The summed E-state index contributed by atoms with van der Waals surface area (Å²) in [4.78, 5) is 20.7. The van der Waals surface area contributed by atoms with E-state index in [4.69, 9.17) is 0 Å². The fraction of sp³-hybridized carbons (Fsp3) is 0.130. The second kappa shape index (κ2) is 9.34. The van der Waals surface area contributed by atoms with Crippen LogP contribution in [0, 0.1) is 11.8 Å². The van der Waals surface area contributed by atoms with Crippen LogP contribution in [-0.4, -0.2) is 36.8 Å². The summed E-state index contributed by atoms with van der Waals surface area (Å²) in [7, 11) is 0. The number of carbonyl (C=O) groups excluding carboxylic acids is 1. The summed E-state index contributed by atoms with van der Waals surface area (Å²) >= 11 is 0. The Labute approximate surface area is 174 Å². The standard InChI is InChI=1S/C23H20N6O/c30-23(26-10-2-13-28-15-12-25-18-28)21-7-8-22(29-14-3-11-27-29)20(16-21)6-5-19-4-1-9-24-17-19/h1,3-4,7-9,11-12,14-18H,2,10,13H2,(H,26,30). The van der Waals surface area contributed by atoms with Crippen molar-refractivity contribution in [3.05, 3.63) is 96.6 Å². The van der Waals surface area contributed by atoms with Gasteiger partial charge in [-0.15, -0.1) is 0 Å². The van der Waals surface area contributed by atoms with Crippen LogP contribution < -0.4 is 5.32 Å². The lowest BCUT2D eigenvalue weighted by Crippen LogP contribution is -2.25. The third-order valence-corrected chi connectivity index (χ3v) is 4.45. The SMILES string of the molecule is O=C(NCCCn1ccnc1)c1ccc(-n2cccn2)c(C#Cc2cccnc2)c1.